The van der Waals surface area contributed by atoms with Crippen LogP contribution in [0.2, 0.25) is 0 Å². The minimum absolute atomic E-state index is 0.101. The average Bonchev–Trinajstić information content (AvgIpc) is 3.23. The van der Waals surface area contributed by atoms with E-state index in [2.05, 4.69) is 32.6 Å². The van der Waals surface area contributed by atoms with Gasteiger partial charge in [-0.05, 0) is 24.5 Å². The molecule has 1 aliphatic rings. The summed E-state index contributed by atoms with van der Waals surface area (Å²) in [6.07, 6.45) is 8.28. The van der Waals surface area contributed by atoms with Gasteiger partial charge < -0.3 is 10.3 Å². The lowest BCUT2D eigenvalue weighted by Gasteiger charge is -2.19. The largest absolute Gasteiger partial charge is 0.361 e. The zero-order valence-corrected chi connectivity index (χ0v) is 14.2. The van der Waals surface area contributed by atoms with Crippen molar-refractivity contribution >= 4 is 33.3 Å². The van der Waals surface area contributed by atoms with Crippen molar-refractivity contribution in [2.75, 3.05) is 5.32 Å². The third-order valence-electron chi connectivity index (χ3n) is 4.69. The first-order valence-corrected chi connectivity index (χ1v) is 9.29. The molecule has 1 aliphatic carbocycles. The fourth-order valence-corrected chi connectivity index (χ4v) is 4.15. The van der Waals surface area contributed by atoms with Crippen LogP contribution in [0, 0.1) is 5.92 Å². The molecule has 0 spiro atoms. The van der Waals surface area contributed by atoms with Crippen molar-refractivity contribution in [1.82, 2.24) is 15.2 Å². The zero-order valence-electron chi connectivity index (χ0n) is 13.4. The van der Waals surface area contributed by atoms with Gasteiger partial charge in [-0.2, -0.15) is 0 Å². The van der Waals surface area contributed by atoms with Crippen molar-refractivity contribution in [3.05, 3.63) is 41.0 Å². The third-order valence-corrected chi connectivity index (χ3v) is 5.53. The molecule has 0 saturated heterocycles. The number of fused-ring (bicyclic) bond motifs is 1. The number of carbonyl (C=O) groups is 1. The monoisotopic (exact) mass is 340 g/mol. The molecule has 2 aromatic heterocycles. The number of amides is 1. The Kier molecular flexibility index (Phi) is 4.30. The Hall–Kier alpha value is -2.21. The lowest BCUT2D eigenvalue weighted by molar-refractivity contribution is -0.120. The Morgan fingerprint density at radius 3 is 2.92 bits per heavy atom. The minimum Gasteiger partial charge on any atom is -0.361 e. The number of H-pyrrole nitrogens is 1. The Bertz CT molecular complexity index is 847. The Morgan fingerprint density at radius 1 is 1.21 bits per heavy atom. The van der Waals surface area contributed by atoms with Crippen LogP contribution >= 0.6 is 11.3 Å². The highest BCUT2D eigenvalue weighted by molar-refractivity contribution is 7.15. The van der Waals surface area contributed by atoms with E-state index in [9.17, 15) is 4.79 Å². The molecule has 1 fully saturated rings. The number of nitrogens with one attached hydrogen (secondary N) is 2. The van der Waals surface area contributed by atoms with Crippen LogP contribution < -0.4 is 5.32 Å². The van der Waals surface area contributed by atoms with Gasteiger partial charge in [-0.3, -0.25) is 4.79 Å². The molecule has 0 radical (unpaired) electrons. The SMILES string of the molecule is O=C(Nc1nnc(Cc2c[nH]c3ccccc23)s1)C1CCCCC1. The van der Waals surface area contributed by atoms with Crippen LogP contribution in [0.1, 0.15) is 42.7 Å². The second kappa shape index (κ2) is 6.73. The van der Waals surface area contributed by atoms with Gasteiger partial charge in [0.15, 0.2) is 0 Å². The average molecular weight is 340 g/mol. The molecule has 1 aromatic carbocycles. The van der Waals surface area contributed by atoms with Crippen LogP contribution in [0.15, 0.2) is 30.5 Å². The highest BCUT2D eigenvalue weighted by Crippen LogP contribution is 2.27. The number of nitrogens with zero attached hydrogens (tertiary/aromatic N) is 2. The van der Waals surface area contributed by atoms with E-state index in [0.29, 0.717) is 5.13 Å². The molecule has 1 saturated carbocycles. The van der Waals surface area contributed by atoms with E-state index in [0.717, 1.165) is 42.6 Å². The van der Waals surface area contributed by atoms with Crippen molar-refractivity contribution in [2.45, 2.75) is 38.5 Å². The number of carbonyl (C=O) groups excluding carboxylic acids is 1. The molecule has 0 unspecified atom stereocenters. The molecule has 5 nitrogen and oxygen atoms in total. The predicted molar refractivity (Wildman–Crippen MR) is 96.2 cm³/mol. The number of aromatic nitrogens is 3. The quantitative estimate of drug-likeness (QED) is 0.750. The third kappa shape index (κ3) is 3.19. The van der Waals surface area contributed by atoms with E-state index in [1.807, 2.05) is 18.3 Å². The van der Waals surface area contributed by atoms with Gasteiger partial charge in [0.2, 0.25) is 11.0 Å². The van der Waals surface area contributed by atoms with Gasteiger partial charge in [0, 0.05) is 29.4 Å². The molecule has 24 heavy (non-hydrogen) atoms. The van der Waals surface area contributed by atoms with Gasteiger partial charge in [0.1, 0.15) is 5.01 Å². The molecule has 2 heterocycles. The fourth-order valence-electron chi connectivity index (χ4n) is 3.39. The molecule has 0 bridgehead atoms. The normalized spacial score (nSPS) is 15.7. The number of benzene rings is 1. The van der Waals surface area contributed by atoms with E-state index in [-0.39, 0.29) is 11.8 Å². The van der Waals surface area contributed by atoms with Gasteiger partial charge in [-0.1, -0.05) is 48.8 Å². The molecule has 124 valence electrons. The summed E-state index contributed by atoms with van der Waals surface area (Å²) in [6, 6.07) is 8.23. The van der Waals surface area contributed by atoms with E-state index in [4.69, 9.17) is 0 Å². The number of hydrogen-bond acceptors (Lipinski definition) is 4. The Morgan fingerprint density at radius 2 is 2.04 bits per heavy atom. The van der Waals surface area contributed by atoms with E-state index in [1.54, 1.807) is 0 Å². The van der Waals surface area contributed by atoms with Crippen LogP contribution in [0.25, 0.3) is 10.9 Å². The smallest absolute Gasteiger partial charge is 0.229 e. The standard InChI is InChI=1S/C18H20N4OS/c23-17(12-6-2-1-3-7-12)20-18-22-21-16(24-18)10-13-11-19-15-9-5-4-8-14(13)15/h4-5,8-9,11-12,19H,1-3,6-7,10H2,(H,20,22,23). The maximum atomic E-state index is 12.3. The summed E-state index contributed by atoms with van der Waals surface area (Å²) in [7, 11) is 0. The van der Waals surface area contributed by atoms with E-state index < -0.39 is 0 Å². The van der Waals surface area contributed by atoms with Crippen LogP contribution in [-0.2, 0) is 11.2 Å². The molecule has 3 aromatic rings. The van der Waals surface area contributed by atoms with Crippen LogP contribution in [0.5, 0.6) is 0 Å². The lowest BCUT2D eigenvalue weighted by Crippen LogP contribution is -2.24. The molecule has 2 N–H and O–H groups in total. The summed E-state index contributed by atoms with van der Waals surface area (Å²) in [4.78, 5) is 15.6. The van der Waals surface area contributed by atoms with Crippen molar-refractivity contribution in [3.63, 3.8) is 0 Å². The maximum absolute atomic E-state index is 12.3. The van der Waals surface area contributed by atoms with Crippen molar-refractivity contribution in [3.8, 4) is 0 Å². The highest BCUT2D eigenvalue weighted by atomic mass is 32.1. The summed E-state index contributed by atoms with van der Waals surface area (Å²) in [5, 5.41) is 14.1. The van der Waals surface area contributed by atoms with E-state index in [1.165, 1.54) is 28.7 Å². The molecule has 0 aliphatic heterocycles. The Labute approximate surface area is 144 Å². The molecule has 1 amide bonds. The minimum atomic E-state index is 0.101. The number of hydrogen-bond donors (Lipinski definition) is 2. The Balaban J connectivity index is 1.44. The zero-order chi connectivity index (χ0) is 16.4. The summed E-state index contributed by atoms with van der Waals surface area (Å²) in [5.41, 5.74) is 2.33. The van der Waals surface area contributed by atoms with Gasteiger partial charge >= 0.3 is 0 Å². The number of aromatic amines is 1. The molecule has 0 atom stereocenters. The second-order valence-electron chi connectivity index (χ2n) is 6.36. The van der Waals surface area contributed by atoms with Crippen LogP contribution in [0.3, 0.4) is 0 Å². The first-order valence-electron chi connectivity index (χ1n) is 8.48. The number of rotatable bonds is 4. The maximum Gasteiger partial charge on any atom is 0.229 e. The van der Waals surface area contributed by atoms with Gasteiger partial charge in [-0.25, -0.2) is 0 Å². The van der Waals surface area contributed by atoms with Gasteiger partial charge in [0.05, 0.1) is 0 Å². The topological polar surface area (TPSA) is 70.7 Å². The van der Waals surface area contributed by atoms with Crippen LogP contribution in [0.4, 0.5) is 5.13 Å². The van der Waals surface area contributed by atoms with Crippen molar-refractivity contribution in [1.29, 1.82) is 0 Å². The first kappa shape index (κ1) is 15.3. The van der Waals surface area contributed by atoms with E-state index >= 15 is 0 Å². The van der Waals surface area contributed by atoms with Gasteiger partial charge in [-0.15, -0.1) is 10.2 Å². The second-order valence-corrected chi connectivity index (χ2v) is 7.42. The fraction of sp³-hybridized carbons (Fsp3) is 0.389. The van der Waals surface area contributed by atoms with Crippen molar-refractivity contribution < 1.29 is 4.79 Å². The number of anilines is 1. The molecule has 4 rings (SSSR count). The van der Waals surface area contributed by atoms with Crippen LogP contribution in [-0.4, -0.2) is 21.1 Å². The first-order chi connectivity index (χ1) is 11.8. The summed E-state index contributed by atoms with van der Waals surface area (Å²) in [6.45, 7) is 0. The lowest BCUT2D eigenvalue weighted by atomic mass is 9.89. The highest BCUT2D eigenvalue weighted by Gasteiger charge is 2.22. The summed E-state index contributed by atoms with van der Waals surface area (Å²) < 4.78 is 0. The summed E-state index contributed by atoms with van der Waals surface area (Å²) in [5.74, 6) is 0.240. The molecular weight excluding hydrogens is 320 g/mol. The predicted octanol–water partition coefficient (Wildman–Crippen LogP) is 4.13. The summed E-state index contributed by atoms with van der Waals surface area (Å²) >= 11 is 1.46. The molecule has 6 heteroatoms. The molecular formula is C18H20N4OS. The van der Waals surface area contributed by atoms with Gasteiger partial charge in [0.25, 0.3) is 0 Å². The van der Waals surface area contributed by atoms with Crippen molar-refractivity contribution in [2.24, 2.45) is 5.92 Å². The number of para-hydroxylation sites is 1.